The van der Waals surface area contributed by atoms with Gasteiger partial charge in [-0.2, -0.15) is 4.98 Å². The van der Waals surface area contributed by atoms with Crippen LogP contribution in [0.3, 0.4) is 0 Å². The highest BCUT2D eigenvalue weighted by Crippen LogP contribution is 2.39. The summed E-state index contributed by atoms with van der Waals surface area (Å²) in [7, 11) is 0. The highest BCUT2D eigenvalue weighted by molar-refractivity contribution is 5.39. The first kappa shape index (κ1) is 15.3. The predicted molar refractivity (Wildman–Crippen MR) is 90.4 cm³/mol. The molecule has 132 valence electrons. The molecule has 1 atom stereocenters. The Labute approximate surface area is 146 Å². The number of rotatable bonds is 5. The molecule has 2 aromatic rings. The summed E-state index contributed by atoms with van der Waals surface area (Å²) in [6, 6.07) is 1.94. The van der Waals surface area contributed by atoms with Crippen molar-refractivity contribution in [1.29, 1.82) is 0 Å². The monoisotopic (exact) mass is 341 g/mol. The van der Waals surface area contributed by atoms with Crippen LogP contribution in [-0.2, 0) is 6.42 Å². The number of β-amino-alcohol motifs (C(OH)–C–C–N with tert-alkyl or cyclic N) is 1. The molecule has 2 saturated carbocycles. The summed E-state index contributed by atoms with van der Waals surface area (Å²) in [6.45, 7) is 1.44. The van der Waals surface area contributed by atoms with Gasteiger partial charge in [-0.3, -0.25) is 0 Å². The Morgan fingerprint density at radius 3 is 2.76 bits per heavy atom. The second-order valence-electron chi connectivity index (χ2n) is 7.79. The summed E-state index contributed by atoms with van der Waals surface area (Å²) in [5.41, 5.74) is -0.851. The molecule has 3 aliphatic rings. The van der Waals surface area contributed by atoms with E-state index >= 15 is 0 Å². The van der Waals surface area contributed by atoms with Crippen molar-refractivity contribution in [3.63, 3.8) is 0 Å². The molecule has 3 fully saturated rings. The van der Waals surface area contributed by atoms with Gasteiger partial charge in [-0.1, -0.05) is 5.16 Å². The minimum atomic E-state index is -0.851. The minimum Gasteiger partial charge on any atom is -0.388 e. The summed E-state index contributed by atoms with van der Waals surface area (Å²) in [5, 5.41) is 15.2. The second-order valence-corrected chi connectivity index (χ2v) is 7.79. The van der Waals surface area contributed by atoms with Gasteiger partial charge in [0.2, 0.25) is 5.89 Å². The number of piperidine rings is 1. The molecule has 7 nitrogen and oxygen atoms in total. The minimum absolute atomic E-state index is 0.407. The first-order chi connectivity index (χ1) is 12.2. The van der Waals surface area contributed by atoms with Crippen LogP contribution < -0.4 is 4.90 Å². The smallest absolute Gasteiger partial charge is 0.229 e. The van der Waals surface area contributed by atoms with E-state index in [1.165, 1.54) is 12.8 Å². The van der Waals surface area contributed by atoms with Gasteiger partial charge in [0.05, 0.1) is 12.0 Å². The van der Waals surface area contributed by atoms with E-state index in [0.717, 1.165) is 49.7 Å². The molecule has 3 heterocycles. The molecule has 0 spiro atoms. The molecule has 5 rings (SSSR count). The van der Waals surface area contributed by atoms with Crippen LogP contribution in [0.4, 0.5) is 5.82 Å². The average molecular weight is 341 g/mol. The molecule has 0 amide bonds. The Balaban J connectivity index is 1.31. The molecule has 1 N–H and O–H groups in total. The third-order valence-corrected chi connectivity index (χ3v) is 5.39. The summed E-state index contributed by atoms with van der Waals surface area (Å²) >= 11 is 0. The molecule has 0 radical (unpaired) electrons. The zero-order chi connectivity index (χ0) is 16.9. The maximum atomic E-state index is 11.1. The lowest BCUT2D eigenvalue weighted by Crippen LogP contribution is -2.50. The maximum Gasteiger partial charge on any atom is 0.229 e. The van der Waals surface area contributed by atoms with Gasteiger partial charge in [-0.25, -0.2) is 9.97 Å². The van der Waals surface area contributed by atoms with Gasteiger partial charge in [0.15, 0.2) is 5.82 Å². The predicted octanol–water partition coefficient (Wildman–Crippen LogP) is 2.19. The standard InChI is InChI=1S/C18H23N5O2/c24-18(10-15-21-17(22-25-15)13-4-5-13)7-1-9-23(11-18)14-6-8-19-16(20-14)12-2-3-12/h6,8,12-13,24H,1-5,7,9-11H2. The van der Waals surface area contributed by atoms with Crippen molar-refractivity contribution < 1.29 is 9.63 Å². The van der Waals surface area contributed by atoms with Gasteiger partial charge in [-0.05, 0) is 44.6 Å². The number of anilines is 1. The van der Waals surface area contributed by atoms with Crippen molar-refractivity contribution in [1.82, 2.24) is 20.1 Å². The van der Waals surface area contributed by atoms with Crippen LogP contribution in [0.2, 0.25) is 0 Å². The van der Waals surface area contributed by atoms with Crippen molar-refractivity contribution in [2.45, 2.75) is 62.4 Å². The fourth-order valence-electron chi connectivity index (χ4n) is 3.66. The van der Waals surface area contributed by atoms with Crippen LogP contribution >= 0.6 is 0 Å². The van der Waals surface area contributed by atoms with E-state index in [-0.39, 0.29) is 0 Å². The van der Waals surface area contributed by atoms with E-state index in [2.05, 4.69) is 20.0 Å². The van der Waals surface area contributed by atoms with Crippen LogP contribution in [0.5, 0.6) is 0 Å². The van der Waals surface area contributed by atoms with Gasteiger partial charge in [0, 0.05) is 31.1 Å². The SMILES string of the molecule is OC1(Cc2nc(C3CC3)no2)CCCN(c2ccnc(C3CC3)n2)C1. The van der Waals surface area contributed by atoms with Crippen LogP contribution in [0.25, 0.3) is 0 Å². The van der Waals surface area contributed by atoms with Crippen molar-refractivity contribution in [2.24, 2.45) is 0 Å². The average Bonchev–Trinajstić information content (AvgIpc) is 3.53. The van der Waals surface area contributed by atoms with Crippen LogP contribution in [0, 0.1) is 0 Å². The zero-order valence-corrected chi connectivity index (χ0v) is 14.3. The molecule has 2 aromatic heterocycles. The summed E-state index contributed by atoms with van der Waals surface area (Å²) < 4.78 is 5.37. The zero-order valence-electron chi connectivity index (χ0n) is 14.3. The number of aromatic nitrogens is 4. The lowest BCUT2D eigenvalue weighted by molar-refractivity contribution is 0.0191. The molecule has 1 saturated heterocycles. The molecule has 1 unspecified atom stereocenters. The van der Waals surface area contributed by atoms with E-state index in [0.29, 0.717) is 30.7 Å². The molecule has 0 bridgehead atoms. The van der Waals surface area contributed by atoms with Gasteiger partial charge in [-0.15, -0.1) is 0 Å². The molecule has 7 heteroatoms. The number of hydrogen-bond acceptors (Lipinski definition) is 7. The van der Waals surface area contributed by atoms with Gasteiger partial charge in [0.1, 0.15) is 11.6 Å². The van der Waals surface area contributed by atoms with E-state index < -0.39 is 5.60 Å². The van der Waals surface area contributed by atoms with Crippen LogP contribution in [0.1, 0.15) is 67.9 Å². The number of nitrogens with zero attached hydrogens (tertiary/aromatic N) is 5. The van der Waals surface area contributed by atoms with Crippen LogP contribution in [0.15, 0.2) is 16.8 Å². The first-order valence-electron chi connectivity index (χ1n) is 9.31. The van der Waals surface area contributed by atoms with Gasteiger partial charge < -0.3 is 14.5 Å². The van der Waals surface area contributed by atoms with Crippen molar-refractivity contribution >= 4 is 5.82 Å². The first-order valence-corrected chi connectivity index (χ1v) is 9.31. The Bertz CT molecular complexity index is 770. The van der Waals surface area contributed by atoms with Crippen molar-refractivity contribution in [3.8, 4) is 0 Å². The molecular formula is C18H23N5O2. The Hall–Kier alpha value is -2.02. The van der Waals surface area contributed by atoms with Gasteiger partial charge in [0.25, 0.3) is 0 Å². The van der Waals surface area contributed by atoms with E-state index in [9.17, 15) is 5.11 Å². The second kappa shape index (κ2) is 5.76. The highest BCUT2D eigenvalue weighted by atomic mass is 16.5. The molecule has 1 aliphatic heterocycles. The maximum absolute atomic E-state index is 11.1. The van der Waals surface area contributed by atoms with E-state index in [4.69, 9.17) is 9.51 Å². The lowest BCUT2D eigenvalue weighted by atomic mass is 9.89. The third-order valence-electron chi connectivity index (χ3n) is 5.39. The Kier molecular flexibility index (Phi) is 3.51. The lowest BCUT2D eigenvalue weighted by Gasteiger charge is -2.39. The summed E-state index contributed by atoms with van der Waals surface area (Å²) in [4.78, 5) is 15.7. The fraction of sp³-hybridized carbons (Fsp3) is 0.667. The van der Waals surface area contributed by atoms with Crippen LogP contribution in [-0.4, -0.2) is 43.9 Å². The topological polar surface area (TPSA) is 88.2 Å². The number of hydrogen-bond donors (Lipinski definition) is 1. The Morgan fingerprint density at radius 1 is 1.16 bits per heavy atom. The molecule has 2 aliphatic carbocycles. The Morgan fingerprint density at radius 2 is 1.96 bits per heavy atom. The fourth-order valence-corrected chi connectivity index (χ4v) is 3.66. The molecule has 0 aromatic carbocycles. The largest absolute Gasteiger partial charge is 0.388 e. The highest BCUT2D eigenvalue weighted by Gasteiger charge is 2.37. The summed E-state index contributed by atoms with van der Waals surface area (Å²) in [5.74, 6) is 4.21. The van der Waals surface area contributed by atoms with E-state index in [1.54, 1.807) is 0 Å². The molecular weight excluding hydrogens is 318 g/mol. The summed E-state index contributed by atoms with van der Waals surface area (Å²) in [6.07, 6.45) is 8.57. The number of aliphatic hydroxyl groups is 1. The molecule has 25 heavy (non-hydrogen) atoms. The quantitative estimate of drug-likeness (QED) is 0.891. The van der Waals surface area contributed by atoms with Gasteiger partial charge >= 0.3 is 0 Å². The van der Waals surface area contributed by atoms with E-state index in [1.807, 2.05) is 12.3 Å². The van der Waals surface area contributed by atoms with Crippen molar-refractivity contribution in [2.75, 3.05) is 18.0 Å². The van der Waals surface area contributed by atoms with Crippen molar-refractivity contribution in [3.05, 3.63) is 29.8 Å². The third kappa shape index (κ3) is 3.25. The normalized spacial score (nSPS) is 26.8.